The Labute approximate surface area is 119 Å². The molecule has 0 saturated carbocycles. The van der Waals surface area contributed by atoms with Crippen LogP contribution in [0.15, 0.2) is 29.4 Å². The molecule has 0 aliphatic heterocycles. The van der Waals surface area contributed by atoms with Gasteiger partial charge in [0.25, 0.3) is 0 Å². The topological polar surface area (TPSA) is 120 Å². The first-order valence-corrected chi connectivity index (χ1v) is 6.01. The van der Waals surface area contributed by atoms with E-state index in [0.29, 0.717) is 11.3 Å². The number of carbonyl (C=O) groups is 3. The highest BCUT2D eigenvalue weighted by molar-refractivity contribution is 7.96. The summed E-state index contributed by atoms with van der Waals surface area (Å²) in [5.74, 6) is -2.49. The molecule has 1 N–H and O–H groups in total. The standard InChI is InChI=1S/C12H11N3O4S/c13-15-14-9-3-1-7(2-4-9)10(16)5-8(12(19)20)6-11(17)18/h1-4,8H,5-6H2,(H,17,18)(H,19,20). The van der Waals surface area contributed by atoms with E-state index in [2.05, 4.69) is 22.7 Å². The highest BCUT2D eigenvalue weighted by atomic mass is 32.1. The van der Waals surface area contributed by atoms with Gasteiger partial charge in [-0.3, -0.25) is 14.4 Å². The molecule has 104 valence electrons. The Hall–Kier alpha value is -2.31. The third kappa shape index (κ3) is 4.75. The molecule has 20 heavy (non-hydrogen) atoms. The number of Topliss-reactive ketones (excluding diaryl/α,β-unsaturated/α-hetero) is 1. The summed E-state index contributed by atoms with van der Waals surface area (Å²) in [6.45, 7) is 0. The molecule has 0 spiro atoms. The van der Waals surface area contributed by atoms with Crippen LogP contribution >= 0.6 is 12.6 Å². The SMILES string of the molecule is [N-]=[N+]=Nc1ccc(C(=O)CC(CC(=O)O)C(=O)S)cc1. The van der Waals surface area contributed by atoms with Crippen molar-refractivity contribution in [2.24, 2.45) is 11.0 Å². The Kier molecular flexibility index (Phi) is 5.76. The van der Waals surface area contributed by atoms with Gasteiger partial charge in [-0.1, -0.05) is 29.4 Å². The van der Waals surface area contributed by atoms with Crippen LogP contribution in [0.3, 0.4) is 0 Å². The number of hydrogen-bond acceptors (Lipinski definition) is 4. The minimum absolute atomic E-state index is 0.227. The minimum atomic E-state index is -1.16. The summed E-state index contributed by atoms with van der Waals surface area (Å²) < 4.78 is 0. The number of nitrogens with zero attached hydrogens (tertiary/aromatic N) is 3. The normalized spacial score (nSPS) is 11.2. The number of benzene rings is 1. The van der Waals surface area contributed by atoms with Crippen molar-refractivity contribution < 1.29 is 19.5 Å². The van der Waals surface area contributed by atoms with Gasteiger partial charge in [-0.05, 0) is 5.53 Å². The third-order valence-corrected chi connectivity index (χ3v) is 2.92. The molecule has 1 rings (SSSR count). The van der Waals surface area contributed by atoms with Crippen molar-refractivity contribution in [3.8, 4) is 0 Å². The van der Waals surface area contributed by atoms with Crippen molar-refractivity contribution in [1.29, 1.82) is 0 Å². The Bertz CT molecular complexity index is 579. The van der Waals surface area contributed by atoms with Crippen molar-refractivity contribution in [3.63, 3.8) is 0 Å². The first kappa shape index (κ1) is 15.7. The van der Waals surface area contributed by atoms with Gasteiger partial charge < -0.3 is 5.11 Å². The fraction of sp³-hybridized carbons (Fsp3) is 0.250. The summed E-state index contributed by atoms with van der Waals surface area (Å²) in [6, 6.07) is 5.82. The van der Waals surface area contributed by atoms with Crippen LogP contribution in [0, 0.1) is 5.92 Å². The monoisotopic (exact) mass is 293 g/mol. The lowest BCUT2D eigenvalue weighted by Gasteiger charge is -2.09. The number of carboxylic acid groups (broad SMARTS) is 1. The van der Waals surface area contributed by atoms with E-state index in [0.717, 1.165) is 0 Å². The summed E-state index contributed by atoms with van der Waals surface area (Å²) in [5.41, 5.74) is 8.92. The molecule has 7 nitrogen and oxygen atoms in total. The summed E-state index contributed by atoms with van der Waals surface area (Å²) >= 11 is 3.59. The van der Waals surface area contributed by atoms with E-state index in [1.54, 1.807) is 0 Å². The molecule has 0 fully saturated rings. The van der Waals surface area contributed by atoms with Gasteiger partial charge in [-0.2, -0.15) is 0 Å². The summed E-state index contributed by atoms with van der Waals surface area (Å²) in [6.07, 6.45) is -0.666. The lowest BCUT2D eigenvalue weighted by Crippen LogP contribution is -2.18. The van der Waals surface area contributed by atoms with Crippen molar-refractivity contribution in [1.82, 2.24) is 0 Å². The van der Waals surface area contributed by atoms with E-state index in [1.807, 2.05) is 0 Å². The number of carboxylic acids is 1. The number of thiol groups is 1. The van der Waals surface area contributed by atoms with Crippen molar-refractivity contribution in [2.45, 2.75) is 12.8 Å². The molecule has 0 aromatic heterocycles. The van der Waals surface area contributed by atoms with Crippen LogP contribution in [0.5, 0.6) is 0 Å². The van der Waals surface area contributed by atoms with Crippen molar-refractivity contribution >= 4 is 35.2 Å². The van der Waals surface area contributed by atoms with E-state index in [9.17, 15) is 14.4 Å². The number of azide groups is 1. The van der Waals surface area contributed by atoms with E-state index in [4.69, 9.17) is 10.6 Å². The highest BCUT2D eigenvalue weighted by Crippen LogP contribution is 2.19. The zero-order chi connectivity index (χ0) is 15.1. The van der Waals surface area contributed by atoms with Gasteiger partial charge in [-0.25, -0.2) is 0 Å². The fourth-order valence-corrected chi connectivity index (χ4v) is 1.75. The van der Waals surface area contributed by atoms with Crippen LogP contribution in [0.1, 0.15) is 23.2 Å². The summed E-state index contributed by atoms with van der Waals surface area (Å²) in [7, 11) is 0. The van der Waals surface area contributed by atoms with Gasteiger partial charge in [0.1, 0.15) is 0 Å². The Balaban J connectivity index is 2.80. The molecule has 1 unspecified atom stereocenters. The first-order chi connectivity index (χ1) is 9.43. The maximum Gasteiger partial charge on any atom is 0.304 e. The van der Waals surface area contributed by atoms with Crippen LogP contribution < -0.4 is 0 Å². The van der Waals surface area contributed by atoms with Crippen molar-refractivity contribution in [3.05, 3.63) is 40.3 Å². The van der Waals surface area contributed by atoms with E-state index in [-0.39, 0.29) is 12.2 Å². The molecule has 1 aromatic carbocycles. The van der Waals surface area contributed by atoms with Gasteiger partial charge in [0, 0.05) is 28.5 Å². The van der Waals surface area contributed by atoms with Crippen LogP contribution in [0.2, 0.25) is 0 Å². The van der Waals surface area contributed by atoms with E-state index < -0.39 is 23.4 Å². The van der Waals surface area contributed by atoms with Crippen LogP contribution in [0.4, 0.5) is 5.69 Å². The predicted octanol–water partition coefficient (Wildman–Crippen LogP) is 2.75. The second-order valence-electron chi connectivity index (χ2n) is 4.00. The summed E-state index contributed by atoms with van der Waals surface area (Å²) in [4.78, 5) is 36.3. The molecule has 1 atom stereocenters. The molecule has 1 aromatic rings. The molecular formula is C12H11N3O4S. The molecular weight excluding hydrogens is 282 g/mol. The van der Waals surface area contributed by atoms with E-state index >= 15 is 0 Å². The molecule has 0 bridgehead atoms. The smallest absolute Gasteiger partial charge is 0.304 e. The highest BCUT2D eigenvalue weighted by Gasteiger charge is 2.22. The zero-order valence-corrected chi connectivity index (χ0v) is 11.2. The van der Waals surface area contributed by atoms with Crippen LogP contribution in [0.25, 0.3) is 10.4 Å². The van der Waals surface area contributed by atoms with Gasteiger partial charge in [-0.15, -0.1) is 12.6 Å². The van der Waals surface area contributed by atoms with Gasteiger partial charge in [0.15, 0.2) is 10.9 Å². The Morgan fingerprint density at radius 2 is 1.85 bits per heavy atom. The van der Waals surface area contributed by atoms with Gasteiger partial charge in [0.05, 0.1) is 6.42 Å². The molecule has 0 aliphatic rings. The molecule has 0 saturated heterocycles. The predicted molar refractivity (Wildman–Crippen MR) is 73.9 cm³/mol. The lowest BCUT2D eigenvalue weighted by molar-refractivity contribution is -0.139. The average Bonchev–Trinajstić information content (AvgIpc) is 2.38. The van der Waals surface area contributed by atoms with Crippen LogP contribution in [-0.2, 0) is 9.59 Å². The maximum absolute atomic E-state index is 11.9. The quantitative estimate of drug-likeness (QED) is 0.264. The number of hydrogen-bond donors (Lipinski definition) is 2. The van der Waals surface area contributed by atoms with Gasteiger partial charge >= 0.3 is 5.97 Å². The second kappa shape index (κ2) is 7.32. The summed E-state index contributed by atoms with van der Waals surface area (Å²) in [5, 5.41) is 11.4. The number of ketones is 1. The maximum atomic E-state index is 11.9. The van der Waals surface area contributed by atoms with E-state index in [1.165, 1.54) is 24.3 Å². The first-order valence-electron chi connectivity index (χ1n) is 5.57. The molecule has 8 heteroatoms. The molecule has 0 aliphatic carbocycles. The Morgan fingerprint density at radius 1 is 1.25 bits per heavy atom. The second-order valence-corrected chi connectivity index (χ2v) is 4.44. The number of carbonyl (C=O) groups excluding carboxylic acids is 2. The molecule has 0 amide bonds. The Morgan fingerprint density at radius 3 is 2.30 bits per heavy atom. The zero-order valence-electron chi connectivity index (χ0n) is 10.3. The van der Waals surface area contributed by atoms with Gasteiger partial charge in [0.2, 0.25) is 0 Å². The van der Waals surface area contributed by atoms with Crippen molar-refractivity contribution in [2.75, 3.05) is 0 Å². The molecule has 0 radical (unpaired) electrons. The lowest BCUT2D eigenvalue weighted by atomic mass is 9.96. The average molecular weight is 293 g/mol. The number of rotatable bonds is 7. The fourth-order valence-electron chi connectivity index (χ4n) is 1.56. The minimum Gasteiger partial charge on any atom is -0.481 e. The molecule has 0 heterocycles. The largest absolute Gasteiger partial charge is 0.481 e. The third-order valence-electron chi connectivity index (χ3n) is 2.55. The number of aliphatic carboxylic acids is 1. The van der Waals surface area contributed by atoms with Crippen LogP contribution in [-0.4, -0.2) is 22.0 Å².